The number of piperazine rings is 1. The van der Waals surface area contributed by atoms with E-state index < -0.39 is 24.6 Å². The molecule has 0 aliphatic carbocycles. The molecule has 7 nitrogen and oxygen atoms in total. The summed E-state index contributed by atoms with van der Waals surface area (Å²) in [4.78, 5) is 26.4. The van der Waals surface area contributed by atoms with Crippen LogP contribution in [0.25, 0.3) is 0 Å². The minimum atomic E-state index is -1.24. The van der Waals surface area contributed by atoms with Crippen LogP contribution in [-0.2, 0) is 4.79 Å². The Labute approximate surface area is 113 Å². The SMILES string of the molecule is CC(C)(C)N1CCN(C(=O)NC(CO)C(=O)O)CC1. The van der Waals surface area contributed by atoms with Crippen molar-refractivity contribution in [1.82, 2.24) is 15.1 Å². The van der Waals surface area contributed by atoms with E-state index in [1.54, 1.807) is 4.90 Å². The number of nitrogens with zero attached hydrogens (tertiary/aromatic N) is 2. The Hall–Kier alpha value is -1.34. The topological polar surface area (TPSA) is 93.1 Å². The lowest BCUT2D eigenvalue weighted by atomic mass is 10.1. The molecule has 0 spiro atoms. The number of rotatable bonds is 3. The van der Waals surface area contributed by atoms with Gasteiger partial charge in [0.1, 0.15) is 0 Å². The molecule has 1 fully saturated rings. The lowest BCUT2D eigenvalue weighted by molar-refractivity contribution is -0.140. The highest BCUT2D eigenvalue weighted by Crippen LogP contribution is 2.15. The molecule has 1 saturated heterocycles. The van der Waals surface area contributed by atoms with Gasteiger partial charge in [-0.05, 0) is 20.8 Å². The van der Waals surface area contributed by atoms with E-state index >= 15 is 0 Å². The predicted octanol–water partition coefficient (Wildman–Crippen LogP) is -0.442. The summed E-state index contributed by atoms with van der Waals surface area (Å²) in [6.07, 6.45) is 0. The highest BCUT2D eigenvalue weighted by molar-refractivity contribution is 5.82. The molecule has 0 bridgehead atoms. The second kappa shape index (κ2) is 6.21. The van der Waals surface area contributed by atoms with Crippen molar-refractivity contribution in [2.75, 3.05) is 32.8 Å². The molecule has 1 rings (SSSR count). The summed E-state index contributed by atoms with van der Waals surface area (Å²) >= 11 is 0. The average Bonchev–Trinajstić information content (AvgIpc) is 2.34. The quantitative estimate of drug-likeness (QED) is 0.648. The predicted molar refractivity (Wildman–Crippen MR) is 69.9 cm³/mol. The van der Waals surface area contributed by atoms with E-state index in [2.05, 4.69) is 31.0 Å². The molecule has 110 valence electrons. The van der Waals surface area contributed by atoms with Crippen molar-refractivity contribution in [2.24, 2.45) is 0 Å². The minimum Gasteiger partial charge on any atom is -0.480 e. The molecule has 7 heteroatoms. The van der Waals surface area contributed by atoms with Gasteiger partial charge in [0.15, 0.2) is 6.04 Å². The molecule has 0 saturated carbocycles. The Morgan fingerprint density at radius 2 is 1.74 bits per heavy atom. The standard InChI is InChI=1S/C12H23N3O4/c1-12(2,3)15-6-4-14(5-7-15)11(19)13-9(8-16)10(17)18/h9,16H,4-8H2,1-3H3,(H,13,19)(H,17,18). The summed E-state index contributed by atoms with van der Waals surface area (Å²) in [6, 6.07) is -1.68. The van der Waals surface area contributed by atoms with Crippen LogP contribution in [0.4, 0.5) is 4.79 Å². The number of aliphatic hydroxyl groups is 1. The first-order chi connectivity index (χ1) is 8.75. The van der Waals surface area contributed by atoms with Crippen LogP contribution in [-0.4, -0.2) is 76.4 Å². The van der Waals surface area contributed by atoms with Gasteiger partial charge in [-0.3, -0.25) is 4.90 Å². The van der Waals surface area contributed by atoms with E-state index in [4.69, 9.17) is 10.2 Å². The number of hydrogen-bond acceptors (Lipinski definition) is 4. The molecule has 3 N–H and O–H groups in total. The fraction of sp³-hybridized carbons (Fsp3) is 0.833. The zero-order valence-electron chi connectivity index (χ0n) is 11.7. The Balaban J connectivity index is 2.47. The molecular weight excluding hydrogens is 250 g/mol. The summed E-state index contributed by atoms with van der Waals surface area (Å²) < 4.78 is 0. The maximum Gasteiger partial charge on any atom is 0.328 e. The van der Waals surface area contributed by atoms with E-state index in [9.17, 15) is 9.59 Å². The van der Waals surface area contributed by atoms with Gasteiger partial charge < -0.3 is 20.4 Å². The van der Waals surface area contributed by atoms with Gasteiger partial charge in [-0.15, -0.1) is 0 Å². The summed E-state index contributed by atoms with van der Waals surface area (Å²) in [5, 5.41) is 19.9. The number of hydrogen-bond donors (Lipinski definition) is 3. The molecule has 19 heavy (non-hydrogen) atoms. The second-order valence-electron chi connectivity index (χ2n) is 5.67. The molecule has 0 aromatic heterocycles. The zero-order chi connectivity index (χ0) is 14.6. The first-order valence-electron chi connectivity index (χ1n) is 6.40. The fourth-order valence-electron chi connectivity index (χ4n) is 2.01. The summed E-state index contributed by atoms with van der Waals surface area (Å²) in [5.74, 6) is -1.23. The largest absolute Gasteiger partial charge is 0.480 e. The van der Waals surface area contributed by atoms with Gasteiger partial charge in [0.2, 0.25) is 0 Å². The van der Waals surface area contributed by atoms with Crippen LogP contribution in [0.3, 0.4) is 0 Å². The third kappa shape index (κ3) is 4.36. The monoisotopic (exact) mass is 273 g/mol. The molecule has 1 aliphatic heterocycles. The molecule has 1 atom stereocenters. The number of amides is 2. The molecule has 0 radical (unpaired) electrons. The summed E-state index contributed by atoms with van der Waals surface area (Å²) in [7, 11) is 0. The molecule has 2 amide bonds. The minimum absolute atomic E-state index is 0.0667. The average molecular weight is 273 g/mol. The van der Waals surface area contributed by atoms with Gasteiger partial charge in [-0.25, -0.2) is 9.59 Å². The fourth-order valence-corrected chi connectivity index (χ4v) is 2.01. The van der Waals surface area contributed by atoms with Gasteiger partial charge in [0, 0.05) is 31.7 Å². The van der Waals surface area contributed by atoms with E-state index in [1.807, 2.05) is 0 Å². The third-order valence-electron chi connectivity index (χ3n) is 3.29. The maximum atomic E-state index is 11.9. The first-order valence-corrected chi connectivity index (χ1v) is 6.40. The normalized spacial score (nSPS) is 19.1. The van der Waals surface area contributed by atoms with E-state index in [1.165, 1.54) is 0 Å². The van der Waals surface area contributed by atoms with Crippen LogP contribution >= 0.6 is 0 Å². The maximum absolute atomic E-state index is 11.9. The van der Waals surface area contributed by atoms with Crippen LogP contribution in [0, 0.1) is 0 Å². The van der Waals surface area contributed by atoms with Crippen LogP contribution in [0.2, 0.25) is 0 Å². The smallest absolute Gasteiger partial charge is 0.328 e. The van der Waals surface area contributed by atoms with Crippen LogP contribution in [0.15, 0.2) is 0 Å². The van der Waals surface area contributed by atoms with Crippen molar-refractivity contribution < 1.29 is 19.8 Å². The van der Waals surface area contributed by atoms with E-state index in [-0.39, 0.29) is 5.54 Å². The number of urea groups is 1. The molecule has 1 aliphatic rings. The highest BCUT2D eigenvalue weighted by atomic mass is 16.4. The Bertz CT molecular complexity index is 332. The van der Waals surface area contributed by atoms with Gasteiger partial charge in [0.25, 0.3) is 0 Å². The van der Waals surface area contributed by atoms with Crippen molar-refractivity contribution in [3.05, 3.63) is 0 Å². The lowest BCUT2D eigenvalue weighted by Gasteiger charge is -2.42. The summed E-state index contributed by atoms with van der Waals surface area (Å²) in [6.45, 7) is 8.38. The molecule has 1 heterocycles. The molecule has 0 aromatic rings. The number of carboxylic acids is 1. The van der Waals surface area contributed by atoms with Crippen molar-refractivity contribution in [3.8, 4) is 0 Å². The van der Waals surface area contributed by atoms with Crippen molar-refractivity contribution in [3.63, 3.8) is 0 Å². The molecular formula is C12H23N3O4. The van der Waals surface area contributed by atoms with Gasteiger partial charge in [-0.1, -0.05) is 0 Å². The number of carboxylic acid groups (broad SMARTS) is 1. The Kier molecular flexibility index (Phi) is 5.13. The third-order valence-corrected chi connectivity index (χ3v) is 3.29. The number of aliphatic carboxylic acids is 1. The zero-order valence-corrected chi connectivity index (χ0v) is 11.7. The van der Waals surface area contributed by atoms with Crippen molar-refractivity contribution in [1.29, 1.82) is 0 Å². The van der Waals surface area contributed by atoms with E-state index in [0.29, 0.717) is 13.1 Å². The van der Waals surface area contributed by atoms with Crippen LogP contribution in [0.1, 0.15) is 20.8 Å². The highest BCUT2D eigenvalue weighted by Gasteiger charge is 2.29. The summed E-state index contributed by atoms with van der Waals surface area (Å²) in [5.41, 5.74) is 0.0667. The molecule has 1 unspecified atom stereocenters. The number of carbonyl (C=O) groups is 2. The number of aliphatic hydroxyl groups excluding tert-OH is 1. The van der Waals surface area contributed by atoms with E-state index in [0.717, 1.165) is 13.1 Å². The second-order valence-corrected chi connectivity index (χ2v) is 5.67. The Morgan fingerprint density at radius 3 is 2.11 bits per heavy atom. The lowest BCUT2D eigenvalue weighted by Crippen LogP contribution is -2.58. The number of carbonyl (C=O) groups excluding carboxylic acids is 1. The Morgan fingerprint density at radius 1 is 1.21 bits per heavy atom. The number of nitrogens with one attached hydrogen (secondary N) is 1. The van der Waals surface area contributed by atoms with Crippen molar-refractivity contribution >= 4 is 12.0 Å². The van der Waals surface area contributed by atoms with Gasteiger partial charge in [-0.2, -0.15) is 0 Å². The van der Waals surface area contributed by atoms with Gasteiger partial charge in [0.05, 0.1) is 6.61 Å². The molecule has 0 aromatic carbocycles. The van der Waals surface area contributed by atoms with Crippen LogP contribution in [0.5, 0.6) is 0 Å². The first kappa shape index (κ1) is 15.7. The van der Waals surface area contributed by atoms with Gasteiger partial charge >= 0.3 is 12.0 Å². The van der Waals surface area contributed by atoms with Crippen molar-refractivity contribution in [2.45, 2.75) is 32.4 Å². The van der Waals surface area contributed by atoms with Crippen LogP contribution < -0.4 is 5.32 Å².